The highest BCUT2D eigenvalue weighted by Crippen LogP contribution is 2.28. The zero-order valence-corrected chi connectivity index (χ0v) is 10.9. The lowest BCUT2D eigenvalue weighted by Crippen LogP contribution is -2.10. The molecule has 0 saturated heterocycles. The van der Waals surface area contributed by atoms with Crippen molar-refractivity contribution >= 4 is 15.5 Å². The van der Waals surface area contributed by atoms with Gasteiger partial charge in [-0.3, -0.25) is 0 Å². The largest absolute Gasteiger partial charge is 0.399 e. The lowest BCUT2D eigenvalue weighted by molar-refractivity contribution is 0.586. The summed E-state index contributed by atoms with van der Waals surface area (Å²) in [6.07, 6.45) is 0. The Balaban J connectivity index is 2.44. The topological polar surface area (TPSA) is 60.2 Å². The maximum atomic E-state index is 12.4. The maximum Gasteiger partial charge on any atom is 0.185 e. The van der Waals surface area contributed by atoms with Gasteiger partial charge in [0.25, 0.3) is 0 Å². The molecule has 2 N–H and O–H groups in total. The molecule has 3 nitrogen and oxygen atoms in total. The molecule has 1 atom stereocenters. The van der Waals surface area contributed by atoms with E-state index in [2.05, 4.69) is 0 Å². The summed E-state index contributed by atoms with van der Waals surface area (Å²) >= 11 is 0. The van der Waals surface area contributed by atoms with Crippen molar-refractivity contribution in [2.45, 2.75) is 17.1 Å². The third kappa shape index (κ3) is 2.38. The van der Waals surface area contributed by atoms with Crippen molar-refractivity contribution in [3.8, 4) is 0 Å². The second-order valence-electron chi connectivity index (χ2n) is 4.17. The molecule has 0 heterocycles. The summed E-state index contributed by atoms with van der Waals surface area (Å²) in [5.74, 6) is 0. The van der Waals surface area contributed by atoms with Gasteiger partial charge < -0.3 is 5.73 Å². The number of hydrogen-bond donors (Lipinski definition) is 1. The summed E-state index contributed by atoms with van der Waals surface area (Å²) in [6, 6.07) is 15.6. The Kier molecular flexibility index (Phi) is 3.39. The predicted molar refractivity (Wildman–Crippen MR) is 72.9 cm³/mol. The molecule has 0 saturated carbocycles. The highest BCUT2D eigenvalue weighted by Gasteiger charge is 2.24. The molecule has 4 heteroatoms. The first-order valence-corrected chi connectivity index (χ1v) is 7.21. The zero-order chi connectivity index (χ0) is 13.2. The Morgan fingerprint density at radius 3 is 2.28 bits per heavy atom. The monoisotopic (exact) mass is 261 g/mol. The molecule has 0 spiro atoms. The number of nitrogens with two attached hydrogens (primary N) is 1. The normalized spacial score (nSPS) is 13.2. The highest BCUT2D eigenvalue weighted by molar-refractivity contribution is 7.91. The van der Waals surface area contributed by atoms with E-state index >= 15 is 0 Å². The van der Waals surface area contributed by atoms with Gasteiger partial charge in [-0.1, -0.05) is 36.4 Å². The van der Waals surface area contributed by atoms with Crippen molar-refractivity contribution in [2.24, 2.45) is 0 Å². The SMILES string of the molecule is CC(c1ccccc1)S(=O)(=O)c1cccc(N)c1. The fourth-order valence-electron chi connectivity index (χ4n) is 1.80. The van der Waals surface area contributed by atoms with Crippen molar-refractivity contribution in [2.75, 3.05) is 5.73 Å². The quantitative estimate of drug-likeness (QED) is 0.864. The molecule has 2 rings (SSSR count). The van der Waals surface area contributed by atoms with Gasteiger partial charge in [-0.2, -0.15) is 0 Å². The number of nitrogen functional groups attached to an aromatic ring is 1. The first-order chi connectivity index (χ1) is 8.51. The van der Waals surface area contributed by atoms with E-state index in [-0.39, 0.29) is 4.90 Å². The van der Waals surface area contributed by atoms with E-state index in [0.29, 0.717) is 5.69 Å². The Bertz CT molecular complexity index is 636. The maximum absolute atomic E-state index is 12.4. The second kappa shape index (κ2) is 4.82. The van der Waals surface area contributed by atoms with Crippen LogP contribution >= 0.6 is 0 Å². The lowest BCUT2D eigenvalue weighted by atomic mass is 10.2. The molecule has 0 bridgehead atoms. The minimum absolute atomic E-state index is 0.263. The standard InChI is InChI=1S/C14H15NO2S/c1-11(12-6-3-2-4-7-12)18(16,17)14-9-5-8-13(15)10-14/h2-11H,15H2,1H3. The van der Waals surface area contributed by atoms with E-state index in [0.717, 1.165) is 5.56 Å². The van der Waals surface area contributed by atoms with Crippen molar-refractivity contribution in [1.29, 1.82) is 0 Å². The van der Waals surface area contributed by atoms with Gasteiger partial charge in [0.2, 0.25) is 0 Å². The van der Waals surface area contributed by atoms with Crippen molar-refractivity contribution < 1.29 is 8.42 Å². The average molecular weight is 261 g/mol. The molecule has 0 fully saturated rings. The van der Waals surface area contributed by atoms with E-state index in [1.54, 1.807) is 25.1 Å². The van der Waals surface area contributed by atoms with E-state index in [1.165, 1.54) is 6.07 Å². The van der Waals surface area contributed by atoms with Crippen LogP contribution in [0.25, 0.3) is 0 Å². The molecule has 2 aromatic rings. The molecule has 0 aliphatic rings. The number of hydrogen-bond acceptors (Lipinski definition) is 3. The molecule has 0 amide bonds. The molecule has 94 valence electrons. The van der Waals surface area contributed by atoms with Crippen LogP contribution in [-0.2, 0) is 9.84 Å². The Labute approximate surface area is 107 Å². The highest BCUT2D eigenvalue weighted by atomic mass is 32.2. The molecular formula is C14H15NO2S. The number of benzene rings is 2. The van der Waals surface area contributed by atoms with Gasteiger partial charge >= 0.3 is 0 Å². The molecule has 18 heavy (non-hydrogen) atoms. The van der Waals surface area contributed by atoms with Gasteiger partial charge in [-0.05, 0) is 30.7 Å². The van der Waals surface area contributed by atoms with Crippen LogP contribution in [0.3, 0.4) is 0 Å². The van der Waals surface area contributed by atoms with Gasteiger partial charge in [-0.25, -0.2) is 8.42 Å². The van der Waals surface area contributed by atoms with Crippen LogP contribution in [0.4, 0.5) is 5.69 Å². The van der Waals surface area contributed by atoms with E-state index in [4.69, 9.17) is 5.73 Å². The molecule has 2 aromatic carbocycles. The van der Waals surface area contributed by atoms with Crippen LogP contribution in [-0.4, -0.2) is 8.42 Å². The smallest absolute Gasteiger partial charge is 0.185 e. The minimum Gasteiger partial charge on any atom is -0.399 e. The van der Waals surface area contributed by atoms with Crippen LogP contribution in [0.5, 0.6) is 0 Å². The van der Waals surface area contributed by atoms with Gasteiger partial charge in [-0.15, -0.1) is 0 Å². The van der Waals surface area contributed by atoms with Gasteiger partial charge in [0, 0.05) is 5.69 Å². The van der Waals surface area contributed by atoms with Crippen LogP contribution in [0.15, 0.2) is 59.5 Å². The molecule has 1 unspecified atom stereocenters. The van der Waals surface area contributed by atoms with Gasteiger partial charge in [0.05, 0.1) is 10.1 Å². The van der Waals surface area contributed by atoms with Gasteiger partial charge in [0.1, 0.15) is 0 Å². The summed E-state index contributed by atoms with van der Waals surface area (Å²) in [6.45, 7) is 1.69. The van der Waals surface area contributed by atoms with Gasteiger partial charge in [0.15, 0.2) is 9.84 Å². The Morgan fingerprint density at radius 2 is 1.67 bits per heavy atom. The van der Waals surface area contributed by atoms with Crippen LogP contribution in [0.2, 0.25) is 0 Å². The van der Waals surface area contributed by atoms with E-state index in [9.17, 15) is 8.42 Å². The van der Waals surface area contributed by atoms with Crippen molar-refractivity contribution in [3.05, 3.63) is 60.2 Å². The van der Waals surface area contributed by atoms with Crippen LogP contribution in [0, 0.1) is 0 Å². The third-order valence-corrected chi connectivity index (χ3v) is 5.04. The fourth-order valence-corrected chi connectivity index (χ4v) is 3.29. The molecular weight excluding hydrogens is 246 g/mol. The Morgan fingerprint density at radius 1 is 1.00 bits per heavy atom. The Hall–Kier alpha value is -1.81. The molecule has 0 aliphatic carbocycles. The summed E-state index contributed by atoms with van der Waals surface area (Å²) in [7, 11) is -3.39. The molecule has 0 radical (unpaired) electrons. The van der Waals surface area contributed by atoms with Crippen molar-refractivity contribution in [1.82, 2.24) is 0 Å². The summed E-state index contributed by atoms with van der Waals surface area (Å²) in [5.41, 5.74) is 6.86. The lowest BCUT2D eigenvalue weighted by Gasteiger charge is -2.13. The van der Waals surface area contributed by atoms with Crippen LogP contribution in [0.1, 0.15) is 17.7 Å². The van der Waals surface area contributed by atoms with E-state index in [1.807, 2.05) is 30.3 Å². The molecule has 0 aromatic heterocycles. The zero-order valence-electron chi connectivity index (χ0n) is 10.1. The summed E-state index contributed by atoms with van der Waals surface area (Å²) in [5, 5.41) is -0.583. The number of anilines is 1. The number of rotatable bonds is 3. The average Bonchev–Trinajstić information content (AvgIpc) is 2.39. The number of sulfone groups is 1. The van der Waals surface area contributed by atoms with E-state index < -0.39 is 15.1 Å². The first-order valence-electron chi connectivity index (χ1n) is 5.66. The second-order valence-corrected chi connectivity index (χ2v) is 6.44. The fraction of sp³-hybridized carbons (Fsp3) is 0.143. The summed E-state index contributed by atoms with van der Waals surface area (Å²) < 4.78 is 24.9. The minimum atomic E-state index is -3.39. The third-order valence-electron chi connectivity index (χ3n) is 2.92. The van der Waals surface area contributed by atoms with Crippen molar-refractivity contribution in [3.63, 3.8) is 0 Å². The molecule has 0 aliphatic heterocycles. The van der Waals surface area contributed by atoms with Crippen LogP contribution < -0.4 is 5.73 Å². The first kappa shape index (κ1) is 12.6. The predicted octanol–water partition coefficient (Wildman–Crippen LogP) is 2.80. The summed E-state index contributed by atoms with van der Waals surface area (Å²) in [4.78, 5) is 0.263.